The molecule has 0 spiro atoms. The topological polar surface area (TPSA) is 46.9 Å². The molecule has 1 aliphatic rings. The third kappa shape index (κ3) is 2.93. The molecular formula is C17H28N2O2. The van der Waals surface area contributed by atoms with Gasteiger partial charge in [-0.3, -0.25) is 9.80 Å². The second kappa shape index (κ2) is 6.34. The third-order valence-electron chi connectivity index (χ3n) is 4.51. The Labute approximate surface area is 128 Å². The zero-order valence-corrected chi connectivity index (χ0v) is 13.8. The van der Waals surface area contributed by atoms with E-state index in [9.17, 15) is 10.2 Å². The van der Waals surface area contributed by atoms with Crippen LogP contribution >= 0.6 is 0 Å². The van der Waals surface area contributed by atoms with Gasteiger partial charge in [0.1, 0.15) is 5.75 Å². The average molecular weight is 292 g/mol. The van der Waals surface area contributed by atoms with E-state index in [1.807, 2.05) is 19.1 Å². The van der Waals surface area contributed by atoms with Gasteiger partial charge in [0.05, 0.1) is 12.8 Å². The Balaban J connectivity index is 2.56. The first-order valence-electron chi connectivity index (χ1n) is 7.82. The maximum atomic E-state index is 10.6. The predicted molar refractivity (Wildman–Crippen MR) is 85.2 cm³/mol. The highest BCUT2D eigenvalue weighted by Gasteiger charge is 2.38. The van der Waals surface area contributed by atoms with Crippen LogP contribution in [-0.4, -0.2) is 45.2 Å². The standard InChI is InChI=1S/C17H28N2O2/c1-11(2)18-8-9-19(12(3)4)17(18)15-14(10-20)7-6-13(5)16(15)21/h6-7,11-12,17,20-21H,8-10H2,1-5H3. The molecule has 0 aliphatic carbocycles. The van der Waals surface area contributed by atoms with E-state index in [1.54, 1.807) is 0 Å². The number of phenolic OH excluding ortho intramolecular Hbond substituents is 1. The van der Waals surface area contributed by atoms with Gasteiger partial charge in [-0.05, 0) is 45.7 Å². The zero-order valence-electron chi connectivity index (χ0n) is 13.8. The number of aryl methyl sites for hydroxylation is 1. The largest absolute Gasteiger partial charge is 0.507 e. The van der Waals surface area contributed by atoms with Gasteiger partial charge in [0, 0.05) is 30.7 Å². The number of hydrogen-bond acceptors (Lipinski definition) is 4. The fourth-order valence-electron chi connectivity index (χ4n) is 3.26. The number of hydrogen-bond donors (Lipinski definition) is 2. The van der Waals surface area contributed by atoms with Crippen LogP contribution in [-0.2, 0) is 6.61 Å². The Morgan fingerprint density at radius 3 is 2.05 bits per heavy atom. The van der Waals surface area contributed by atoms with Crippen LogP contribution in [0.15, 0.2) is 12.1 Å². The van der Waals surface area contributed by atoms with Crippen molar-refractivity contribution in [1.29, 1.82) is 0 Å². The molecule has 4 heteroatoms. The SMILES string of the molecule is Cc1ccc(CO)c(C2N(C(C)C)CCN2C(C)C)c1O. The molecule has 1 fully saturated rings. The van der Waals surface area contributed by atoms with Gasteiger partial charge in [-0.15, -0.1) is 0 Å². The molecule has 0 bridgehead atoms. The summed E-state index contributed by atoms with van der Waals surface area (Å²) < 4.78 is 0. The van der Waals surface area contributed by atoms with Crippen LogP contribution in [0, 0.1) is 6.92 Å². The molecule has 0 radical (unpaired) electrons. The molecule has 1 aliphatic heterocycles. The first kappa shape index (κ1) is 16.3. The Morgan fingerprint density at radius 1 is 1.10 bits per heavy atom. The molecule has 0 unspecified atom stereocenters. The van der Waals surface area contributed by atoms with E-state index in [1.165, 1.54) is 0 Å². The summed E-state index contributed by atoms with van der Waals surface area (Å²) in [5.41, 5.74) is 2.56. The van der Waals surface area contributed by atoms with Crippen molar-refractivity contribution in [2.24, 2.45) is 0 Å². The summed E-state index contributed by atoms with van der Waals surface area (Å²) in [7, 11) is 0. The van der Waals surface area contributed by atoms with Gasteiger partial charge < -0.3 is 10.2 Å². The molecule has 0 atom stereocenters. The molecule has 0 saturated carbocycles. The van der Waals surface area contributed by atoms with Crippen LogP contribution in [0.2, 0.25) is 0 Å². The minimum Gasteiger partial charge on any atom is -0.507 e. The van der Waals surface area contributed by atoms with Gasteiger partial charge >= 0.3 is 0 Å². The molecule has 1 saturated heterocycles. The van der Waals surface area contributed by atoms with E-state index >= 15 is 0 Å². The summed E-state index contributed by atoms with van der Waals surface area (Å²) in [6.45, 7) is 12.6. The van der Waals surface area contributed by atoms with Gasteiger partial charge in [0.2, 0.25) is 0 Å². The van der Waals surface area contributed by atoms with Crippen molar-refractivity contribution in [3.8, 4) is 5.75 Å². The fourth-order valence-corrected chi connectivity index (χ4v) is 3.26. The van der Waals surface area contributed by atoms with Gasteiger partial charge in [-0.2, -0.15) is 0 Å². The Hall–Kier alpha value is -1.10. The summed E-state index contributed by atoms with van der Waals surface area (Å²) in [4.78, 5) is 4.79. The summed E-state index contributed by atoms with van der Waals surface area (Å²) in [6, 6.07) is 4.59. The molecule has 118 valence electrons. The van der Waals surface area contributed by atoms with Crippen molar-refractivity contribution >= 4 is 0 Å². The van der Waals surface area contributed by atoms with Crippen LogP contribution in [0.3, 0.4) is 0 Å². The Kier molecular flexibility index (Phi) is 4.91. The van der Waals surface area contributed by atoms with Crippen molar-refractivity contribution in [3.63, 3.8) is 0 Å². The highest BCUT2D eigenvalue weighted by Crippen LogP contribution is 2.40. The second-order valence-corrected chi connectivity index (χ2v) is 6.50. The molecule has 1 aromatic carbocycles. The number of nitrogens with zero attached hydrogens (tertiary/aromatic N) is 2. The van der Waals surface area contributed by atoms with Crippen molar-refractivity contribution in [1.82, 2.24) is 9.80 Å². The summed E-state index contributed by atoms with van der Waals surface area (Å²) >= 11 is 0. The molecule has 2 N–H and O–H groups in total. The quantitative estimate of drug-likeness (QED) is 0.895. The molecular weight excluding hydrogens is 264 g/mol. The molecule has 2 rings (SSSR count). The minimum absolute atomic E-state index is 0.0343. The lowest BCUT2D eigenvalue weighted by Crippen LogP contribution is -2.38. The van der Waals surface area contributed by atoms with E-state index in [0.29, 0.717) is 17.8 Å². The van der Waals surface area contributed by atoms with Crippen LogP contribution < -0.4 is 0 Å². The summed E-state index contributed by atoms with van der Waals surface area (Å²) in [5, 5.41) is 20.3. The van der Waals surface area contributed by atoms with Crippen LogP contribution in [0.5, 0.6) is 5.75 Å². The van der Waals surface area contributed by atoms with Crippen LogP contribution in [0.4, 0.5) is 0 Å². The number of aromatic hydroxyl groups is 1. The molecule has 0 amide bonds. The highest BCUT2D eigenvalue weighted by molar-refractivity contribution is 5.47. The first-order valence-corrected chi connectivity index (χ1v) is 7.82. The Bertz CT molecular complexity index is 484. The van der Waals surface area contributed by atoms with E-state index in [2.05, 4.69) is 37.5 Å². The molecule has 21 heavy (non-hydrogen) atoms. The molecule has 4 nitrogen and oxygen atoms in total. The van der Waals surface area contributed by atoms with Crippen LogP contribution in [0.25, 0.3) is 0 Å². The molecule has 0 aromatic heterocycles. The maximum absolute atomic E-state index is 10.6. The van der Waals surface area contributed by atoms with Gasteiger partial charge in [-0.1, -0.05) is 12.1 Å². The normalized spacial score (nSPS) is 18.3. The number of phenols is 1. The monoisotopic (exact) mass is 292 g/mol. The zero-order chi connectivity index (χ0) is 15.7. The maximum Gasteiger partial charge on any atom is 0.124 e. The van der Waals surface area contributed by atoms with E-state index < -0.39 is 0 Å². The summed E-state index contributed by atoms with van der Waals surface area (Å²) in [6.07, 6.45) is 0.0343. The lowest BCUT2D eigenvalue weighted by Gasteiger charge is -2.36. The van der Waals surface area contributed by atoms with Crippen molar-refractivity contribution in [2.75, 3.05) is 13.1 Å². The second-order valence-electron chi connectivity index (χ2n) is 6.50. The summed E-state index contributed by atoms with van der Waals surface area (Å²) in [5.74, 6) is 0.324. The van der Waals surface area contributed by atoms with E-state index in [0.717, 1.165) is 29.8 Å². The van der Waals surface area contributed by atoms with Crippen LogP contribution in [0.1, 0.15) is 50.6 Å². The minimum atomic E-state index is -0.0441. The molecule has 1 heterocycles. The number of rotatable bonds is 4. The highest BCUT2D eigenvalue weighted by atomic mass is 16.3. The van der Waals surface area contributed by atoms with Crippen molar-refractivity contribution in [2.45, 2.75) is 59.5 Å². The lowest BCUT2D eigenvalue weighted by atomic mass is 9.98. The van der Waals surface area contributed by atoms with Crippen molar-refractivity contribution in [3.05, 3.63) is 28.8 Å². The average Bonchev–Trinajstić information content (AvgIpc) is 2.86. The number of aliphatic hydroxyl groups is 1. The van der Waals surface area contributed by atoms with Gasteiger partial charge in [0.15, 0.2) is 0 Å². The Morgan fingerprint density at radius 2 is 1.62 bits per heavy atom. The molecule has 1 aromatic rings. The van der Waals surface area contributed by atoms with E-state index in [-0.39, 0.29) is 12.8 Å². The van der Waals surface area contributed by atoms with Gasteiger partial charge in [0.25, 0.3) is 0 Å². The van der Waals surface area contributed by atoms with Gasteiger partial charge in [-0.25, -0.2) is 0 Å². The van der Waals surface area contributed by atoms with Crippen molar-refractivity contribution < 1.29 is 10.2 Å². The fraction of sp³-hybridized carbons (Fsp3) is 0.647. The predicted octanol–water partition coefficient (Wildman–Crippen LogP) is 2.63. The lowest BCUT2D eigenvalue weighted by molar-refractivity contribution is 0.0852. The first-order chi connectivity index (χ1) is 9.88. The smallest absolute Gasteiger partial charge is 0.124 e. The number of aliphatic hydroxyl groups excluding tert-OH is 1. The number of benzene rings is 1. The van der Waals surface area contributed by atoms with E-state index in [4.69, 9.17) is 0 Å². The third-order valence-corrected chi connectivity index (χ3v) is 4.51.